The first-order chi connectivity index (χ1) is 7.75. The van der Waals surface area contributed by atoms with E-state index in [1.54, 1.807) is 12.2 Å². The average Bonchev–Trinajstić information content (AvgIpc) is 2.38. The molecule has 1 aliphatic carbocycles. The molecule has 0 heterocycles. The van der Waals surface area contributed by atoms with Crippen LogP contribution in [0.5, 0.6) is 0 Å². The Balaban J connectivity index is 0.000000770. The molecule has 1 rings (SSSR count). The normalized spacial score (nSPS) is 31.1. The second-order valence-corrected chi connectivity index (χ2v) is 5.85. The van der Waals surface area contributed by atoms with Crippen LogP contribution in [0.2, 0.25) is 0 Å². The summed E-state index contributed by atoms with van der Waals surface area (Å²) in [5.41, 5.74) is -0.512. The molecule has 0 bridgehead atoms. The number of hydrogen-bond acceptors (Lipinski definition) is 2. The van der Waals surface area contributed by atoms with Crippen molar-refractivity contribution in [1.29, 1.82) is 0 Å². The quantitative estimate of drug-likeness (QED) is 0.747. The van der Waals surface area contributed by atoms with Gasteiger partial charge in [-0.3, -0.25) is 4.79 Å². The van der Waals surface area contributed by atoms with Crippen LogP contribution < -0.4 is 0 Å². The molecule has 1 fully saturated rings. The van der Waals surface area contributed by atoms with Crippen LogP contribution in [-0.2, 0) is 4.79 Å². The number of carbonyl (C=O) groups excluding carboxylic acids is 1. The molecule has 0 saturated heterocycles. The van der Waals surface area contributed by atoms with E-state index in [4.69, 9.17) is 0 Å². The summed E-state index contributed by atoms with van der Waals surface area (Å²) in [6.07, 6.45) is 5.62. The summed E-state index contributed by atoms with van der Waals surface area (Å²) in [5, 5.41) is 9.64. The molecule has 100 valence electrons. The van der Waals surface area contributed by atoms with Crippen molar-refractivity contribution in [2.24, 2.45) is 10.8 Å². The van der Waals surface area contributed by atoms with Gasteiger partial charge in [-0.1, -0.05) is 47.1 Å². The molecule has 0 spiro atoms. The number of aliphatic hydroxyl groups excluding tert-OH is 1. The number of allylic oxidation sites excluding steroid dienone is 2. The van der Waals surface area contributed by atoms with E-state index in [0.29, 0.717) is 12.8 Å². The van der Waals surface area contributed by atoms with Gasteiger partial charge in [0.25, 0.3) is 0 Å². The molecule has 0 radical (unpaired) electrons. The van der Waals surface area contributed by atoms with E-state index in [1.807, 2.05) is 13.8 Å². The van der Waals surface area contributed by atoms with E-state index in [2.05, 4.69) is 27.7 Å². The van der Waals surface area contributed by atoms with Gasteiger partial charge in [0, 0.05) is 5.41 Å². The van der Waals surface area contributed by atoms with Crippen molar-refractivity contribution in [2.45, 2.75) is 66.9 Å². The minimum absolute atomic E-state index is 0.108. The van der Waals surface area contributed by atoms with E-state index in [0.717, 1.165) is 0 Å². The maximum atomic E-state index is 11.9. The fraction of sp³-hybridized carbons (Fsp3) is 0.800. The standard InChI is InChI=1S/C12H20O2.C3H8/c1-5-6-10(14)12(4)8-9(13)7-11(12,2)3;1-3-2/h5-6,9,13H,7-8H2,1-4H3;3H2,1-2H3/b6-5+;. The van der Waals surface area contributed by atoms with Crippen LogP contribution in [0.1, 0.15) is 60.8 Å². The second-order valence-electron chi connectivity index (χ2n) is 5.85. The van der Waals surface area contributed by atoms with Crippen LogP contribution in [0.25, 0.3) is 0 Å². The molecule has 0 aromatic carbocycles. The highest BCUT2D eigenvalue weighted by molar-refractivity contribution is 5.95. The van der Waals surface area contributed by atoms with Crippen LogP contribution in [0, 0.1) is 10.8 Å². The first-order valence-corrected chi connectivity index (χ1v) is 6.60. The van der Waals surface area contributed by atoms with Crippen molar-refractivity contribution in [2.75, 3.05) is 0 Å². The Morgan fingerprint density at radius 2 is 1.76 bits per heavy atom. The number of hydrogen-bond donors (Lipinski definition) is 1. The summed E-state index contributed by atoms with van der Waals surface area (Å²) < 4.78 is 0. The van der Waals surface area contributed by atoms with Gasteiger partial charge in [-0.2, -0.15) is 0 Å². The molecular weight excluding hydrogens is 212 g/mol. The Bertz CT molecular complexity index is 279. The lowest BCUT2D eigenvalue weighted by atomic mass is 9.67. The molecule has 0 aliphatic heterocycles. The van der Waals surface area contributed by atoms with Gasteiger partial charge in [0.15, 0.2) is 5.78 Å². The van der Waals surface area contributed by atoms with Crippen molar-refractivity contribution < 1.29 is 9.90 Å². The molecule has 2 heteroatoms. The lowest BCUT2D eigenvalue weighted by Crippen LogP contribution is -2.36. The van der Waals surface area contributed by atoms with E-state index >= 15 is 0 Å². The van der Waals surface area contributed by atoms with Crippen LogP contribution >= 0.6 is 0 Å². The fourth-order valence-electron chi connectivity index (χ4n) is 2.40. The van der Waals surface area contributed by atoms with Gasteiger partial charge in [0.2, 0.25) is 0 Å². The molecule has 0 aromatic rings. The first-order valence-electron chi connectivity index (χ1n) is 6.60. The van der Waals surface area contributed by atoms with Crippen molar-refractivity contribution in [3.8, 4) is 0 Å². The highest BCUT2D eigenvalue weighted by Gasteiger charge is 2.52. The van der Waals surface area contributed by atoms with Crippen LogP contribution in [-0.4, -0.2) is 17.0 Å². The van der Waals surface area contributed by atoms with E-state index in [1.165, 1.54) is 6.42 Å². The molecule has 0 amide bonds. The summed E-state index contributed by atoms with van der Waals surface area (Å²) in [7, 11) is 0. The molecule has 2 atom stereocenters. The first kappa shape index (κ1) is 16.4. The predicted octanol–water partition coefficient (Wildman–Crippen LogP) is 3.74. The smallest absolute Gasteiger partial charge is 0.161 e. The third-order valence-electron chi connectivity index (χ3n) is 3.75. The Kier molecular flexibility index (Phi) is 6.11. The van der Waals surface area contributed by atoms with Crippen molar-refractivity contribution >= 4 is 5.78 Å². The highest BCUT2D eigenvalue weighted by Crippen LogP contribution is 2.53. The number of carbonyl (C=O) groups is 1. The van der Waals surface area contributed by atoms with Crippen molar-refractivity contribution in [1.82, 2.24) is 0 Å². The van der Waals surface area contributed by atoms with E-state index in [9.17, 15) is 9.90 Å². The van der Waals surface area contributed by atoms with E-state index in [-0.39, 0.29) is 17.3 Å². The maximum absolute atomic E-state index is 11.9. The zero-order chi connectivity index (χ0) is 13.7. The zero-order valence-corrected chi connectivity index (χ0v) is 12.2. The topological polar surface area (TPSA) is 37.3 Å². The largest absolute Gasteiger partial charge is 0.393 e. The van der Waals surface area contributed by atoms with Crippen molar-refractivity contribution in [3.63, 3.8) is 0 Å². The Morgan fingerprint density at radius 1 is 1.29 bits per heavy atom. The highest BCUT2D eigenvalue weighted by atomic mass is 16.3. The fourth-order valence-corrected chi connectivity index (χ4v) is 2.40. The number of ketones is 1. The summed E-state index contributed by atoms with van der Waals surface area (Å²) in [4.78, 5) is 11.9. The van der Waals surface area contributed by atoms with Crippen LogP contribution in [0.4, 0.5) is 0 Å². The molecule has 2 nitrogen and oxygen atoms in total. The van der Waals surface area contributed by atoms with Gasteiger partial charge < -0.3 is 5.11 Å². The average molecular weight is 240 g/mol. The van der Waals surface area contributed by atoms with Gasteiger partial charge in [-0.25, -0.2) is 0 Å². The minimum atomic E-state index is -0.404. The van der Waals surface area contributed by atoms with E-state index < -0.39 is 5.41 Å². The monoisotopic (exact) mass is 240 g/mol. The summed E-state index contributed by atoms with van der Waals surface area (Å²) in [6.45, 7) is 12.2. The minimum Gasteiger partial charge on any atom is -0.393 e. The van der Waals surface area contributed by atoms with Crippen LogP contribution in [0.3, 0.4) is 0 Å². The van der Waals surface area contributed by atoms with Gasteiger partial charge in [0.05, 0.1) is 6.10 Å². The molecule has 1 aliphatic rings. The van der Waals surface area contributed by atoms with Gasteiger partial charge in [-0.15, -0.1) is 0 Å². The third-order valence-corrected chi connectivity index (χ3v) is 3.75. The SMILES string of the molecule is C/C=C/C(=O)C1(C)CC(O)CC1(C)C.CCC. The third kappa shape index (κ3) is 3.67. The number of rotatable bonds is 2. The zero-order valence-electron chi connectivity index (χ0n) is 12.2. The Labute approximate surface area is 106 Å². The lowest BCUT2D eigenvalue weighted by Gasteiger charge is -2.35. The lowest BCUT2D eigenvalue weighted by molar-refractivity contribution is -0.127. The maximum Gasteiger partial charge on any atom is 0.161 e. The second kappa shape index (κ2) is 6.34. The predicted molar refractivity (Wildman–Crippen MR) is 72.9 cm³/mol. The van der Waals surface area contributed by atoms with Gasteiger partial charge in [-0.05, 0) is 31.3 Å². The summed E-state index contributed by atoms with van der Waals surface area (Å²) in [6, 6.07) is 0. The summed E-state index contributed by atoms with van der Waals surface area (Å²) >= 11 is 0. The molecular formula is C15H28O2. The van der Waals surface area contributed by atoms with Crippen molar-refractivity contribution in [3.05, 3.63) is 12.2 Å². The Morgan fingerprint density at radius 3 is 2.06 bits per heavy atom. The Hall–Kier alpha value is -0.630. The van der Waals surface area contributed by atoms with Crippen LogP contribution in [0.15, 0.2) is 12.2 Å². The molecule has 17 heavy (non-hydrogen) atoms. The number of aliphatic hydroxyl groups is 1. The summed E-state index contributed by atoms with van der Waals surface area (Å²) in [5.74, 6) is 0.140. The van der Waals surface area contributed by atoms with Gasteiger partial charge >= 0.3 is 0 Å². The molecule has 1 N–H and O–H groups in total. The molecule has 0 aromatic heterocycles. The molecule has 1 saturated carbocycles. The molecule has 2 unspecified atom stereocenters. The van der Waals surface area contributed by atoms with Gasteiger partial charge in [0.1, 0.15) is 0 Å².